The number of benzene rings is 3. The molecule has 3 aromatic rings. The van der Waals surface area contributed by atoms with Gasteiger partial charge in [0.15, 0.2) is 11.5 Å². The van der Waals surface area contributed by atoms with E-state index in [-0.39, 0.29) is 0 Å². The van der Waals surface area contributed by atoms with Crippen LogP contribution in [0.2, 0.25) is 0 Å². The second-order valence-electron chi connectivity index (χ2n) is 8.23. The molecule has 160 valence electrons. The molecule has 3 heteroatoms. The van der Waals surface area contributed by atoms with E-state index in [1.807, 2.05) is 12.1 Å². The van der Waals surface area contributed by atoms with Gasteiger partial charge in [-0.2, -0.15) is 0 Å². The molecule has 31 heavy (non-hydrogen) atoms. The monoisotopic (exact) mass is 414 g/mol. The Labute approximate surface area is 185 Å². The van der Waals surface area contributed by atoms with Crippen LogP contribution < -0.4 is 14.2 Å². The molecule has 4 rings (SSSR count). The van der Waals surface area contributed by atoms with Gasteiger partial charge in [-0.1, -0.05) is 42.5 Å². The predicted octanol–water partition coefficient (Wildman–Crippen LogP) is 6.10. The first-order valence-electron chi connectivity index (χ1n) is 10.7. The van der Waals surface area contributed by atoms with Crippen LogP contribution in [0.5, 0.6) is 17.2 Å². The Kier molecular flexibility index (Phi) is 6.03. The fraction of sp³-hybridized carbons (Fsp3) is 0.286. The van der Waals surface area contributed by atoms with E-state index in [2.05, 4.69) is 56.3 Å². The molecule has 0 heterocycles. The molecule has 0 aliphatic heterocycles. The topological polar surface area (TPSA) is 27.7 Å². The Morgan fingerprint density at radius 2 is 1.35 bits per heavy atom. The molecule has 0 spiro atoms. The molecule has 0 radical (unpaired) electrons. The van der Waals surface area contributed by atoms with Crippen LogP contribution >= 0.6 is 0 Å². The van der Waals surface area contributed by atoms with Crippen molar-refractivity contribution in [3.63, 3.8) is 0 Å². The van der Waals surface area contributed by atoms with Gasteiger partial charge >= 0.3 is 0 Å². The van der Waals surface area contributed by atoms with Crippen molar-refractivity contribution in [1.82, 2.24) is 0 Å². The van der Waals surface area contributed by atoms with Crippen molar-refractivity contribution < 1.29 is 14.2 Å². The largest absolute Gasteiger partial charge is 0.493 e. The molecule has 0 amide bonds. The second-order valence-corrected chi connectivity index (χ2v) is 8.23. The molecule has 0 saturated carbocycles. The average molecular weight is 415 g/mol. The lowest BCUT2D eigenvalue weighted by molar-refractivity contribution is 0.324. The summed E-state index contributed by atoms with van der Waals surface area (Å²) in [5.74, 6) is 2.00. The van der Waals surface area contributed by atoms with Crippen molar-refractivity contribution in [2.75, 3.05) is 21.3 Å². The maximum Gasteiger partial charge on any atom is 0.203 e. The smallest absolute Gasteiger partial charge is 0.203 e. The van der Waals surface area contributed by atoms with Crippen LogP contribution in [0.4, 0.5) is 0 Å². The molecule has 0 atom stereocenters. The lowest BCUT2D eigenvalue weighted by atomic mass is 9.94. The van der Waals surface area contributed by atoms with E-state index in [4.69, 9.17) is 14.2 Å². The zero-order chi connectivity index (χ0) is 22.0. The summed E-state index contributed by atoms with van der Waals surface area (Å²) in [6.45, 7) is 4.39. The molecule has 0 bridgehead atoms. The zero-order valence-electron chi connectivity index (χ0n) is 19.0. The van der Waals surface area contributed by atoms with Crippen LogP contribution in [0, 0.1) is 13.8 Å². The molecule has 0 unspecified atom stereocenters. The first kappa shape index (κ1) is 21.0. The molecule has 1 aliphatic carbocycles. The van der Waals surface area contributed by atoms with Gasteiger partial charge in [-0.3, -0.25) is 0 Å². The quantitative estimate of drug-likeness (QED) is 0.467. The summed E-state index contributed by atoms with van der Waals surface area (Å²) in [6, 6.07) is 17.6. The fourth-order valence-electron chi connectivity index (χ4n) is 4.40. The predicted molar refractivity (Wildman–Crippen MR) is 127 cm³/mol. The Morgan fingerprint density at radius 1 is 0.710 bits per heavy atom. The first-order chi connectivity index (χ1) is 15.0. The molecule has 3 nitrogen and oxygen atoms in total. The molecule has 0 saturated heterocycles. The normalized spacial score (nSPS) is 12.4. The third-order valence-corrected chi connectivity index (χ3v) is 6.15. The van der Waals surface area contributed by atoms with Crippen LogP contribution in [-0.2, 0) is 19.3 Å². The Morgan fingerprint density at radius 3 is 2.00 bits per heavy atom. The van der Waals surface area contributed by atoms with Crippen molar-refractivity contribution in [3.05, 3.63) is 93.6 Å². The van der Waals surface area contributed by atoms with Crippen LogP contribution in [0.1, 0.15) is 38.9 Å². The van der Waals surface area contributed by atoms with Gasteiger partial charge in [-0.25, -0.2) is 0 Å². The van der Waals surface area contributed by atoms with E-state index in [0.29, 0.717) is 17.2 Å². The van der Waals surface area contributed by atoms with Gasteiger partial charge in [0.1, 0.15) is 0 Å². The number of fused-ring (bicyclic) bond motifs is 1. The van der Waals surface area contributed by atoms with Crippen molar-refractivity contribution in [2.45, 2.75) is 33.1 Å². The lowest BCUT2D eigenvalue weighted by Gasteiger charge is -2.14. The van der Waals surface area contributed by atoms with Gasteiger partial charge in [0.25, 0.3) is 0 Å². The highest BCUT2D eigenvalue weighted by molar-refractivity contribution is 5.75. The van der Waals surface area contributed by atoms with Gasteiger partial charge < -0.3 is 14.2 Å². The van der Waals surface area contributed by atoms with Gasteiger partial charge in [-0.05, 0) is 89.8 Å². The highest BCUT2D eigenvalue weighted by atomic mass is 16.5. The summed E-state index contributed by atoms with van der Waals surface area (Å²) in [7, 11) is 4.93. The fourth-order valence-corrected chi connectivity index (χ4v) is 4.40. The minimum Gasteiger partial charge on any atom is -0.493 e. The van der Waals surface area contributed by atoms with E-state index in [0.717, 1.165) is 24.8 Å². The van der Waals surface area contributed by atoms with Crippen LogP contribution in [0.25, 0.3) is 5.57 Å². The van der Waals surface area contributed by atoms with Gasteiger partial charge in [-0.15, -0.1) is 0 Å². The minimum atomic E-state index is 0.625. The van der Waals surface area contributed by atoms with Crippen molar-refractivity contribution in [2.24, 2.45) is 0 Å². The van der Waals surface area contributed by atoms with Crippen molar-refractivity contribution in [3.8, 4) is 17.2 Å². The molecule has 0 fully saturated rings. The second kappa shape index (κ2) is 8.89. The van der Waals surface area contributed by atoms with Crippen molar-refractivity contribution >= 4 is 5.57 Å². The summed E-state index contributed by atoms with van der Waals surface area (Å²) in [4.78, 5) is 0. The van der Waals surface area contributed by atoms with Gasteiger partial charge in [0.2, 0.25) is 5.75 Å². The maximum atomic E-state index is 5.51. The number of ether oxygens (including phenoxy) is 3. The lowest BCUT2D eigenvalue weighted by Crippen LogP contribution is -1.98. The maximum absolute atomic E-state index is 5.51. The van der Waals surface area contributed by atoms with Crippen LogP contribution in [0.3, 0.4) is 0 Å². The standard InChI is InChI=1S/C28H30O3/c1-18-11-23-9-10-24(25(23)12-19(18)2)15-21-8-6-7-20(13-21)14-22-16-26(29-3)28(31-5)27(17-22)30-4/h6-8,10-13,16-17H,9,14-15H2,1-5H3. The molecule has 0 aromatic heterocycles. The van der Waals surface area contributed by atoms with E-state index in [1.165, 1.54) is 39.0 Å². The third-order valence-electron chi connectivity index (χ3n) is 6.15. The van der Waals surface area contributed by atoms with E-state index < -0.39 is 0 Å². The number of aryl methyl sites for hydroxylation is 2. The zero-order valence-corrected chi connectivity index (χ0v) is 19.0. The van der Waals surface area contributed by atoms with Gasteiger partial charge in [0, 0.05) is 0 Å². The number of allylic oxidation sites excluding steroid dienone is 2. The number of methoxy groups -OCH3 is 3. The Bertz CT molecular complexity index is 1120. The summed E-state index contributed by atoms with van der Waals surface area (Å²) in [5, 5.41) is 0. The summed E-state index contributed by atoms with van der Waals surface area (Å²) >= 11 is 0. The summed E-state index contributed by atoms with van der Waals surface area (Å²) < 4.78 is 16.5. The molecule has 3 aromatic carbocycles. The Balaban J connectivity index is 1.56. The molecule has 1 aliphatic rings. The third kappa shape index (κ3) is 4.32. The van der Waals surface area contributed by atoms with E-state index in [9.17, 15) is 0 Å². The number of hydrogen-bond donors (Lipinski definition) is 0. The van der Waals surface area contributed by atoms with E-state index >= 15 is 0 Å². The summed E-state index contributed by atoms with van der Waals surface area (Å²) in [6.07, 6.45) is 5.18. The number of hydrogen-bond acceptors (Lipinski definition) is 3. The highest BCUT2D eigenvalue weighted by Crippen LogP contribution is 2.39. The van der Waals surface area contributed by atoms with Gasteiger partial charge in [0.05, 0.1) is 21.3 Å². The first-order valence-corrected chi connectivity index (χ1v) is 10.7. The summed E-state index contributed by atoms with van der Waals surface area (Å²) in [5.41, 5.74) is 10.8. The highest BCUT2D eigenvalue weighted by Gasteiger charge is 2.16. The SMILES string of the molecule is COc1cc(Cc2cccc(CC3=CCc4cc(C)c(C)cc43)c2)cc(OC)c1OC. The molecular formula is C28H30O3. The minimum absolute atomic E-state index is 0.625. The van der Waals surface area contributed by atoms with Crippen LogP contribution in [-0.4, -0.2) is 21.3 Å². The van der Waals surface area contributed by atoms with Crippen molar-refractivity contribution in [1.29, 1.82) is 0 Å². The number of rotatable bonds is 7. The van der Waals surface area contributed by atoms with Crippen LogP contribution in [0.15, 0.2) is 54.6 Å². The molecular weight excluding hydrogens is 384 g/mol. The average Bonchev–Trinajstić information content (AvgIpc) is 3.14. The molecule has 0 N–H and O–H groups in total. The van der Waals surface area contributed by atoms with E-state index in [1.54, 1.807) is 21.3 Å². The Hall–Kier alpha value is -3.20.